The number of rotatable bonds is 1. The number of nitrogens with zero attached hydrogens (tertiary/aromatic N) is 2. The summed E-state index contributed by atoms with van der Waals surface area (Å²) in [7, 11) is 1.84. The van der Waals surface area contributed by atoms with Crippen molar-refractivity contribution in [3.63, 3.8) is 0 Å². The van der Waals surface area contributed by atoms with Crippen LogP contribution in [0.1, 0.15) is 11.1 Å². The van der Waals surface area contributed by atoms with Crippen molar-refractivity contribution in [2.75, 3.05) is 5.73 Å². The minimum Gasteiger partial charge on any atom is -0.381 e. The monoisotopic (exact) mass is 235 g/mol. The Kier molecular flexibility index (Phi) is 2.64. The van der Waals surface area contributed by atoms with Crippen molar-refractivity contribution in [1.82, 2.24) is 9.78 Å². The summed E-state index contributed by atoms with van der Waals surface area (Å²) in [5.41, 5.74) is 10.0. The molecule has 0 spiro atoms. The molecule has 2 rings (SSSR count). The molecule has 0 unspecified atom stereocenters. The Labute approximate surface area is 99.8 Å². The van der Waals surface area contributed by atoms with E-state index in [1.54, 1.807) is 4.68 Å². The van der Waals surface area contributed by atoms with Gasteiger partial charge in [-0.15, -0.1) is 0 Å². The van der Waals surface area contributed by atoms with Gasteiger partial charge < -0.3 is 5.73 Å². The van der Waals surface area contributed by atoms with Gasteiger partial charge in [-0.1, -0.05) is 35.4 Å². The molecule has 0 amide bonds. The summed E-state index contributed by atoms with van der Waals surface area (Å²) in [4.78, 5) is 0. The van der Waals surface area contributed by atoms with Crippen LogP contribution in [0.5, 0.6) is 0 Å². The van der Waals surface area contributed by atoms with E-state index in [0.717, 1.165) is 11.3 Å². The number of benzene rings is 1. The topological polar surface area (TPSA) is 43.8 Å². The van der Waals surface area contributed by atoms with Gasteiger partial charge in [0, 0.05) is 12.6 Å². The number of aryl methyl sites for hydroxylation is 3. The van der Waals surface area contributed by atoms with Gasteiger partial charge in [0.2, 0.25) is 0 Å². The van der Waals surface area contributed by atoms with E-state index in [4.69, 9.17) is 17.3 Å². The number of anilines is 1. The fourth-order valence-corrected chi connectivity index (χ4v) is 2.15. The van der Waals surface area contributed by atoms with Crippen LogP contribution in [0.15, 0.2) is 18.2 Å². The lowest BCUT2D eigenvalue weighted by Crippen LogP contribution is -1.96. The standard InChI is InChI=1S/C12H14ClN3/c1-7-4-5-9(8(2)6-7)11-10(13)12(14)15-16(11)3/h4-6H,1-3H3,(H2,14,15). The lowest BCUT2D eigenvalue weighted by atomic mass is 10.0. The van der Waals surface area contributed by atoms with Gasteiger partial charge >= 0.3 is 0 Å². The van der Waals surface area contributed by atoms with Crippen LogP contribution in [0.25, 0.3) is 11.3 Å². The molecule has 0 saturated carbocycles. The SMILES string of the molecule is Cc1ccc(-c2c(Cl)c(N)nn2C)c(C)c1. The van der Waals surface area contributed by atoms with Crippen LogP contribution in [0.4, 0.5) is 5.82 Å². The van der Waals surface area contributed by atoms with Gasteiger partial charge in [-0.05, 0) is 19.4 Å². The van der Waals surface area contributed by atoms with E-state index < -0.39 is 0 Å². The first-order valence-electron chi connectivity index (χ1n) is 5.06. The molecular weight excluding hydrogens is 222 g/mol. The van der Waals surface area contributed by atoms with Crippen molar-refractivity contribution < 1.29 is 0 Å². The number of aromatic nitrogens is 2. The second-order valence-corrected chi connectivity index (χ2v) is 4.37. The van der Waals surface area contributed by atoms with E-state index in [9.17, 15) is 0 Å². The summed E-state index contributed by atoms with van der Waals surface area (Å²) in [5.74, 6) is 0.374. The number of halogens is 1. The van der Waals surface area contributed by atoms with Crippen LogP contribution >= 0.6 is 11.6 Å². The average molecular weight is 236 g/mol. The van der Waals surface area contributed by atoms with Crippen LogP contribution < -0.4 is 5.73 Å². The summed E-state index contributed by atoms with van der Waals surface area (Å²) >= 11 is 6.15. The number of nitrogen functional groups attached to an aromatic ring is 1. The molecule has 16 heavy (non-hydrogen) atoms. The van der Waals surface area contributed by atoms with Gasteiger partial charge in [0.25, 0.3) is 0 Å². The van der Waals surface area contributed by atoms with Crippen LogP contribution in [0.3, 0.4) is 0 Å². The molecule has 2 aromatic rings. The quantitative estimate of drug-likeness (QED) is 0.826. The zero-order chi connectivity index (χ0) is 11.9. The van der Waals surface area contributed by atoms with Crippen LogP contribution in [-0.4, -0.2) is 9.78 Å². The van der Waals surface area contributed by atoms with Crippen molar-refractivity contribution in [2.45, 2.75) is 13.8 Å². The fraction of sp³-hybridized carbons (Fsp3) is 0.250. The molecule has 4 heteroatoms. The Bertz CT molecular complexity index is 543. The molecule has 0 aliphatic heterocycles. The van der Waals surface area contributed by atoms with E-state index >= 15 is 0 Å². The maximum atomic E-state index is 6.15. The molecular formula is C12H14ClN3. The first-order chi connectivity index (χ1) is 7.50. The third-order valence-electron chi connectivity index (χ3n) is 2.65. The van der Waals surface area contributed by atoms with E-state index in [0.29, 0.717) is 10.8 Å². The van der Waals surface area contributed by atoms with Crippen molar-refractivity contribution in [3.8, 4) is 11.3 Å². The maximum Gasteiger partial charge on any atom is 0.164 e. The highest BCUT2D eigenvalue weighted by Crippen LogP contribution is 2.33. The van der Waals surface area contributed by atoms with Crippen molar-refractivity contribution in [1.29, 1.82) is 0 Å². The van der Waals surface area contributed by atoms with E-state index in [-0.39, 0.29) is 0 Å². The minimum atomic E-state index is 0.374. The highest BCUT2D eigenvalue weighted by molar-refractivity contribution is 6.35. The third kappa shape index (κ3) is 1.67. The highest BCUT2D eigenvalue weighted by atomic mass is 35.5. The second kappa shape index (κ2) is 3.83. The lowest BCUT2D eigenvalue weighted by molar-refractivity contribution is 0.780. The van der Waals surface area contributed by atoms with E-state index in [1.165, 1.54) is 11.1 Å². The normalized spacial score (nSPS) is 10.8. The molecule has 0 bridgehead atoms. The molecule has 0 fully saturated rings. The average Bonchev–Trinajstić information content (AvgIpc) is 2.43. The van der Waals surface area contributed by atoms with Gasteiger partial charge in [0.15, 0.2) is 5.82 Å². The summed E-state index contributed by atoms with van der Waals surface area (Å²) < 4.78 is 1.72. The van der Waals surface area contributed by atoms with Crippen LogP contribution in [0.2, 0.25) is 5.02 Å². The van der Waals surface area contributed by atoms with Crippen molar-refractivity contribution >= 4 is 17.4 Å². The molecule has 0 aliphatic carbocycles. The Balaban J connectivity index is 2.67. The third-order valence-corrected chi connectivity index (χ3v) is 3.02. The van der Waals surface area contributed by atoms with Gasteiger partial charge in [-0.2, -0.15) is 5.10 Å². The molecule has 0 aliphatic rings. The fourth-order valence-electron chi connectivity index (χ4n) is 1.89. The lowest BCUT2D eigenvalue weighted by Gasteiger charge is -2.07. The number of hydrogen-bond acceptors (Lipinski definition) is 2. The molecule has 84 valence electrons. The first-order valence-corrected chi connectivity index (χ1v) is 5.44. The maximum absolute atomic E-state index is 6.15. The summed E-state index contributed by atoms with van der Waals surface area (Å²) in [6, 6.07) is 6.23. The highest BCUT2D eigenvalue weighted by Gasteiger charge is 2.15. The number of hydrogen-bond donors (Lipinski definition) is 1. The molecule has 0 saturated heterocycles. The van der Waals surface area contributed by atoms with Crippen molar-refractivity contribution in [2.24, 2.45) is 7.05 Å². The van der Waals surface area contributed by atoms with Crippen molar-refractivity contribution in [3.05, 3.63) is 34.3 Å². The zero-order valence-corrected chi connectivity index (χ0v) is 10.3. The number of nitrogens with two attached hydrogens (primary N) is 1. The predicted octanol–water partition coefficient (Wildman–Crippen LogP) is 2.94. The van der Waals surface area contributed by atoms with Gasteiger partial charge in [0.05, 0.1) is 5.69 Å². The smallest absolute Gasteiger partial charge is 0.164 e. The van der Waals surface area contributed by atoms with Crippen LogP contribution in [0, 0.1) is 13.8 Å². The summed E-state index contributed by atoms with van der Waals surface area (Å²) in [6.07, 6.45) is 0. The Hall–Kier alpha value is -1.48. The predicted molar refractivity (Wildman–Crippen MR) is 67.5 cm³/mol. The summed E-state index contributed by atoms with van der Waals surface area (Å²) in [6.45, 7) is 4.12. The molecule has 0 radical (unpaired) electrons. The second-order valence-electron chi connectivity index (χ2n) is 3.99. The van der Waals surface area contributed by atoms with E-state index in [2.05, 4.69) is 31.1 Å². The molecule has 1 aromatic carbocycles. The minimum absolute atomic E-state index is 0.374. The van der Waals surface area contributed by atoms with Gasteiger partial charge in [0.1, 0.15) is 5.02 Å². The summed E-state index contributed by atoms with van der Waals surface area (Å²) in [5, 5.41) is 4.64. The Morgan fingerprint density at radius 3 is 2.50 bits per heavy atom. The Morgan fingerprint density at radius 1 is 1.31 bits per heavy atom. The molecule has 1 aromatic heterocycles. The molecule has 1 heterocycles. The largest absolute Gasteiger partial charge is 0.381 e. The molecule has 3 nitrogen and oxygen atoms in total. The molecule has 0 atom stereocenters. The zero-order valence-electron chi connectivity index (χ0n) is 9.58. The first kappa shape index (κ1) is 11.0. The van der Waals surface area contributed by atoms with E-state index in [1.807, 2.05) is 13.1 Å². The van der Waals surface area contributed by atoms with Gasteiger partial charge in [-0.3, -0.25) is 4.68 Å². The Morgan fingerprint density at radius 2 is 2.00 bits per heavy atom. The van der Waals surface area contributed by atoms with Crippen LogP contribution in [-0.2, 0) is 7.05 Å². The molecule has 2 N–H and O–H groups in total. The van der Waals surface area contributed by atoms with Gasteiger partial charge in [-0.25, -0.2) is 0 Å².